The van der Waals surface area contributed by atoms with Gasteiger partial charge < -0.3 is 4.90 Å². The Bertz CT molecular complexity index is 714. The number of halogens is 3. The molecule has 0 aromatic heterocycles. The van der Waals surface area contributed by atoms with Crippen molar-refractivity contribution in [2.75, 3.05) is 13.6 Å². The second-order valence-corrected chi connectivity index (χ2v) is 7.91. The molecule has 1 aliphatic rings. The highest BCUT2D eigenvalue weighted by Gasteiger charge is 2.32. The lowest BCUT2D eigenvalue weighted by Crippen LogP contribution is -2.44. The third kappa shape index (κ3) is 5.18. The van der Waals surface area contributed by atoms with Gasteiger partial charge in [-0.2, -0.15) is 13.2 Å². The number of rotatable bonds is 5. The summed E-state index contributed by atoms with van der Waals surface area (Å²) in [7, 11) is -2.58. The van der Waals surface area contributed by atoms with E-state index in [1.165, 1.54) is 4.90 Å². The first-order valence-electron chi connectivity index (χ1n) is 8.04. The molecule has 0 aliphatic heterocycles. The minimum atomic E-state index is -4.64. The van der Waals surface area contributed by atoms with Crippen LogP contribution >= 0.6 is 0 Å². The molecule has 2 rings (SSSR count). The number of alkyl halides is 3. The van der Waals surface area contributed by atoms with Crippen molar-refractivity contribution in [3.05, 3.63) is 29.8 Å². The molecular weight excluding hydrogens is 357 g/mol. The second-order valence-electron chi connectivity index (χ2n) is 6.15. The quantitative estimate of drug-likeness (QED) is 0.857. The summed E-state index contributed by atoms with van der Waals surface area (Å²) >= 11 is 0. The van der Waals surface area contributed by atoms with Crippen LogP contribution in [0.4, 0.5) is 13.2 Å². The maximum Gasteiger partial charge on any atom is 0.416 e. The molecule has 0 saturated heterocycles. The number of hydrogen-bond acceptors (Lipinski definition) is 3. The van der Waals surface area contributed by atoms with Gasteiger partial charge in [0.1, 0.15) is 0 Å². The van der Waals surface area contributed by atoms with E-state index in [0.29, 0.717) is 6.07 Å². The van der Waals surface area contributed by atoms with Gasteiger partial charge in [-0.1, -0.05) is 25.3 Å². The fraction of sp³-hybridized carbons (Fsp3) is 0.562. The molecule has 0 unspecified atom stereocenters. The lowest BCUT2D eigenvalue weighted by molar-refractivity contribution is -0.137. The number of likely N-dealkylation sites (N-methyl/N-ethyl adjacent to an activating group) is 1. The zero-order chi connectivity index (χ0) is 18.7. The molecule has 9 heteroatoms. The van der Waals surface area contributed by atoms with E-state index < -0.39 is 39.1 Å². The normalized spacial score (nSPS) is 16.6. The minimum Gasteiger partial charge on any atom is -0.342 e. The monoisotopic (exact) mass is 378 g/mol. The molecule has 0 spiro atoms. The first kappa shape index (κ1) is 19.7. The third-order valence-electron chi connectivity index (χ3n) is 4.40. The number of amides is 1. The predicted octanol–water partition coefficient (Wildman–Crippen LogP) is 2.77. The summed E-state index contributed by atoms with van der Waals surface area (Å²) in [5.74, 6) is -0.401. The van der Waals surface area contributed by atoms with Crippen LogP contribution in [0.15, 0.2) is 29.2 Å². The summed E-state index contributed by atoms with van der Waals surface area (Å²) in [5, 5.41) is 0. The summed E-state index contributed by atoms with van der Waals surface area (Å²) in [5.41, 5.74) is -1.05. The topological polar surface area (TPSA) is 66.5 Å². The maximum absolute atomic E-state index is 12.7. The summed E-state index contributed by atoms with van der Waals surface area (Å²) in [6.45, 7) is -0.481. The van der Waals surface area contributed by atoms with E-state index in [4.69, 9.17) is 0 Å². The van der Waals surface area contributed by atoms with Gasteiger partial charge >= 0.3 is 6.18 Å². The molecule has 1 amide bonds. The van der Waals surface area contributed by atoms with Crippen molar-refractivity contribution in [1.82, 2.24) is 9.62 Å². The Hall–Kier alpha value is -1.61. The number of sulfonamides is 1. The highest BCUT2D eigenvalue weighted by atomic mass is 32.2. The van der Waals surface area contributed by atoms with Crippen LogP contribution in [-0.2, 0) is 21.0 Å². The van der Waals surface area contributed by atoms with Crippen molar-refractivity contribution in [2.24, 2.45) is 0 Å². The zero-order valence-corrected chi connectivity index (χ0v) is 14.7. The van der Waals surface area contributed by atoms with Crippen molar-refractivity contribution >= 4 is 15.9 Å². The zero-order valence-electron chi connectivity index (χ0n) is 13.8. The van der Waals surface area contributed by atoms with Crippen LogP contribution in [0.1, 0.15) is 37.7 Å². The molecule has 0 heterocycles. The van der Waals surface area contributed by atoms with Gasteiger partial charge in [0, 0.05) is 13.1 Å². The fourth-order valence-electron chi connectivity index (χ4n) is 2.88. The summed E-state index contributed by atoms with van der Waals surface area (Å²) in [6, 6.07) is 3.51. The molecule has 1 aromatic rings. The number of hydrogen-bond donors (Lipinski definition) is 1. The lowest BCUT2D eigenvalue weighted by Gasteiger charge is -2.31. The maximum atomic E-state index is 12.7. The van der Waals surface area contributed by atoms with Crippen LogP contribution < -0.4 is 4.72 Å². The van der Waals surface area contributed by atoms with Crippen molar-refractivity contribution in [2.45, 2.75) is 49.2 Å². The van der Waals surface area contributed by atoms with Gasteiger partial charge in [-0.15, -0.1) is 0 Å². The molecular formula is C16H21F3N2O3S. The van der Waals surface area contributed by atoms with E-state index in [0.717, 1.165) is 50.3 Å². The molecule has 0 bridgehead atoms. The Morgan fingerprint density at radius 2 is 1.88 bits per heavy atom. The molecule has 1 aliphatic carbocycles. The molecule has 0 radical (unpaired) electrons. The number of benzene rings is 1. The molecule has 5 nitrogen and oxygen atoms in total. The Labute approximate surface area is 145 Å². The van der Waals surface area contributed by atoms with Gasteiger partial charge in [0.25, 0.3) is 0 Å². The SMILES string of the molecule is CN(C(=O)CNS(=O)(=O)c1cccc(C(F)(F)F)c1)C1CCCCC1. The summed E-state index contributed by atoms with van der Waals surface area (Å²) < 4.78 is 64.5. The molecule has 25 heavy (non-hydrogen) atoms. The first-order valence-corrected chi connectivity index (χ1v) is 9.52. The molecule has 140 valence electrons. The van der Waals surface area contributed by atoms with Crippen LogP contribution in [0.2, 0.25) is 0 Å². The highest BCUT2D eigenvalue weighted by molar-refractivity contribution is 7.89. The second kappa shape index (κ2) is 7.74. The predicted molar refractivity (Wildman–Crippen MR) is 86.3 cm³/mol. The van der Waals surface area contributed by atoms with Gasteiger partial charge in [0.15, 0.2) is 0 Å². The van der Waals surface area contributed by atoms with Crippen LogP contribution in [0.5, 0.6) is 0 Å². The standard InChI is InChI=1S/C16H21F3N2O3S/c1-21(13-7-3-2-4-8-13)15(22)11-20-25(23,24)14-9-5-6-12(10-14)16(17,18)19/h5-6,9-10,13,20H,2-4,7-8,11H2,1H3. The van der Waals surface area contributed by atoms with Gasteiger partial charge in [-0.05, 0) is 31.0 Å². The number of nitrogens with one attached hydrogen (secondary N) is 1. The fourth-order valence-corrected chi connectivity index (χ4v) is 3.90. The largest absolute Gasteiger partial charge is 0.416 e. The summed E-state index contributed by atoms with van der Waals surface area (Å²) in [4.78, 5) is 13.2. The van der Waals surface area contributed by atoms with Gasteiger partial charge in [0.2, 0.25) is 15.9 Å². The van der Waals surface area contributed by atoms with E-state index in [-0.39, 0.29) is 6.04 Å². The van der Waals surface area contributed by atoms with E-state index in [9.17, 15) is 26.4 Å². The molecule has 0 atom stereocenters. The van der Waals surface area contributed by atoms with Gasteiger partial charge in [-0.3, -0.25) is 4.79 Å². The molecule has 1 aromatic carbocycles. The van der Waals surface area contributed by atoms with Crippen LogP contribution in [0, 0.1) is 0 Å². The Morgan fingerprint density at radius 3 is 2.48 bits per heavy atom. The Morgan fingerprint density at radius 1 is 1.24 bits per heavy atom. The van der Waals surface area contributed by atoms with Crippen LogP contribution in [-0.4, -0.2) is 38.9 Å². The van der Waals surface area contributed by atoms with E-state index in [1.807, 2.05) is 0 Å². The molecule has 1 fully saturated rings. The Kier molecular flexibility index (Phi) is 6.10. The number of nitrogens with zero attached hydrogens (tertiary/aromatic N) is 1. The van der Waals surface area contributed by atoms with E-state index in [1.54, 1.807) is 7.05 Å². The van der Waals surface area contributed by atoms with Gasteiger partial charge in [0.05, 0.1) is 17.0 Å². The molecule has 1 saturated carbocycles. The van der Waals surface area contributed by atoms with Crippen molar-refractivity contribution < 1.29 is 26.4 Å². The van der Waals surface area contributed by atoms with Gasteiger partial charge in [-0.25, -0.2) is 13.1 Å². The number of carbonyl (C=O) groups is 1. The summed E-state index contributed by atoms with van der Waals surface area (Å²) in [6.07, 6.45) is 0.297. The molecule has 1 N–H and O–H groups in total. The van der Waals surface area contributed by atoms with Crippen molar-refractivity contribution in [3.63, 3.8) is 0 Å². The lowest BCUT2D eigenvalue weighted by atomic mass is 9.94. The first-order chi connectivity index (χ1) is 11.6. The van der Waals surface area contributed by atoms with Crippen molar-refractivity contribution in [3.8, 4) is 0 Å². The highest BCUT2D eigenvalue weighted by Crippen LogP contribution is 2.30. The Balaban J connectivity index is 2.02. The number of carbonyl (C=O) groups excluding carboxylic acids is 1. The van der Waals surface area contributed by atoms with E-state index >= 15 is 0 Å². The smallest absolute Gasteiger partial charge is 0.342 e. The van der Waals surface area contributed by atoms with Crippen molar-refractivity contribution in [1.29, 1.82) is 0 Å². The average Bonchev–Trinajstić information content (AvgIpc) is 2.59. The minimum absolute atomic E-state index is 0.0827. The average molecular weight is 378 g/mol. The van der Waals surface area contributed by atoms with Crippen LogP contribution in [0.25, 0.3) is 0 Å². The van der Waals surface area contributed by atoms with E-state index in [2.05, 4.69) is 4.72 Å². The van der Waals surface area contributed by atoms with Crippen LogP contribution in [0.3, 0.4) is 0 Å². The third-order valence-corrected chi connectivity index (χ3v) is 5.80.